The normalized spacial score (nSPS) is 13.8. The Labute approximate surface area is 100 Å². The summed E-state index contributed by atoms with van der Waals surface area (Å²) in [7, 11) is 0. The van der Waals surface area contributed by atoms with Crippen molar-refractivity contribution in [2.45, 2.75) is 52.5 Å². The van der Waals surface area contributed by atoms with Crippen molar-refractivity contribution in [2.24, 2.45) is 0 Å². The van der Waals surface area contributed by atoms with Gasteiger partial charge in [0.25, 0.3) is 0 Å². The van der Waals surface area contributed by atoms with Crippen molar-refractivity contribution in [3.05, 3.63) is 35.4 Å². The summed E-state index contributed by atoms with van der Waals surface area (Å²) in [6.07, 6.45) is 1.18. The summed E-state index contributed by atoms with van der Waals surface area (Å²) in [4.78, 5) is 0. The van der Waals surface area contributed by atoms with E-state index in [-0.39, 0.29) is 5.41 Å². The predicted octanol–water partition coefficient (Wildman–Crippen LogP) is 4.04. The van der Waals surface area contributed by atoms with Crippen LogP contribution in [0.2, 0.25) is 0 Å². The molecular formula is C15H25N. The first-order valence-electron chi connectivity index (χ1n) is 6.29. The quantitative estimate of drug-likeness (QED) is 0.805. The van der Waals surface area contributed by atoms with Crippen LogP contribution in [0.3, 0.4) is 0 Å². The third-order valence-corrected chi connectivity index (χ3v) is 2.94. The molecule has 0 aromatic heterocycles. The van der Waals surface area contributed by atoms with Gasteiger partial charge in [-0.1, -0.05) is 52.0 Å². The lowest BCUT2D eigenvalue weighted by Gasteiger charge is -2.26. The van der Waals surface area contributed by atoms with Crippen LogP contribution in [0.5, 0.6) is 0 Å². The second-order valence-corrected chi connectivity index (χ2v) is 5.51. The van der Waals surface area contributed by atoms with E-state index < -0.39 is 0 Å². The first kappa shape index (κ1) is 13.2. The van der Waals surface area contributed by atoms with E-state index >= 15 is 0 Å². The number of rotatable bonds is 4. The van der Waals surface area contributed by atoms with Crippen LogP contribution in [-0.2, 0) is 5.41 Å². The van der Waals surface area contributed by atoms with Gasteiger partial charge in [-0.2, -0.15) is 0 Å². The molecule has 1 aromatic rings. The number of nitrogens with one attached hydrogen (secondary N) is 1. The first-order valence-corrected chi connectivity index (χ1v) is 6.29. The zero-order valence-corrected chi connectivity index (χ0v) is 11.3. The van der Waals surface area contributed by atoms with E-state index in [9.17, 15) is 0 Å². The van der Waals surface area contributed by atoms with Crippen LogP contribution >= 0.6 is 0 Å². The Morgan fingerprint density at radius 3 is 2.38 bits per heavy atom. The van der Waals surface area contributed by atoms with E-state index in [1.54, 1.807) is 0 Å². The highest BCUT2D eigenvalue weighted by Crippen LogP contribution is 2.29. The molecule has 1 N–H and O–H groups in total. The molecule has 0 aliphatic carbocycles. The van der Waals surface area contributed by atoms with Crippen LogP contribution < -0.4 is 5.32 Å². The molecule has 1 aromatic carbocycles. The molecule has 1 atom stereocenters. The summed E-state index contributed by atoms with van der Waals surface area (Å²) in [6, 6.07) is 9.20. The fourth-order valence-electron chi connectivity index (χ4n) is 2.03. The van der Waals surface area contributed by atoms with Crippen molar-refractivity contribution in [3.8, 4) is 0 Å². The Morgan fingerprint density at radius 2 is 1.81 bits per heavy atom. The largest absolute Gasteiger partial charge is 0.310 e. The van der Waals surface area contributed by atoms with Gasteiger partial charge < -0.3 is 5.32 Å². The second kappa shape index (κ2) is 5.49. The van der Waals surface area contributed by atoms with Gasteiger partial charge in [-0.05, 0) is 36.4 Å². The van der Waals surface area contributed by atoms with E-state index in [1.807, 2.05) is 0 Å². The van der Waals surface area contributed by atoms with Gasteiger partial charge >= 0.3 is 0 Å². The lowest BCUT2D eigenvalue weighted by molar-refractivity contribution is 0.533. The molecule has 0 heterocycles. The minimum absolute atomic E-state index is 0.221. The molecule has 0 aliphatic rings. The van der Waals surface area contributed by atoms with E-state index in [2.05, 4.69) is 64.2 Å². The molecule has 16 heavy (non-hydrogen) atoms. The molecule has 1 unspecified atom stereocenters. The summed E-state index contributed by atoms with van der Waals surface area (Å²) >= 11 is 0. The molecule has 1 rings (SSSR count). The Kier molecular flexibility index (Phi) is 4.55. The molecule has 0 amide bonds. The minimum atomic E-state index is 0.221. The molecule has 0 bridgehead atoms. The van der Waals surface area contributed by atoms with Crippen LogP contribution in [0, 0.1) is 0 Å². The van der Waals surface area contributed by atoms with Gasteiger partial charge in [0.15, 0.2) is 0 Å². The zero-order valence-electron chi connectivity index (χ0n) is 11.3. The molecule has 0 saturated carbocycles. The summed E-state index contributed by atoms with van der Waals surface area (Å²) in [5, 5.41) is 3.56. The molecule has 0 spiro atoms. The average molecular weight is 219 g/mol. The van der Waals surface area contributed by atoms with Gasteiger partial charge in [0.2, 0.25) is 0 Å². The van der Waals surface area contributed by atoms with Gasteiger partial charge in [0, 0.05) is 6.04 Å². The van der Waals surface area contributed by atoms with E-state index in [0.29, 0.717) is 6.04 Å². The van der Waals surface area contributed by atoms with Crippen molar-refractivity contribution in [3.63, 3.8) is 0 Å². The summed E-state index contributed by atoms with van der Waals surface area (Å²) in [5.41, 5.74) is 3.10. The standard InChI is InChI=1S/C15H25N/c1-6-11-16-12(2)13-9-7-8-10-14(13)15(3,4)5/h7-10,12,16H,6,11H2,1-5H3. The monoisotopic (exact) mass is 219 g/mol. The Hall–Kier alpha value is -0.820. The topological polar surface area (TPSA) is 12.0 Å². The third kappa shape index (κ3) is 3.34. The maximum atomic E-state index is 3.56. The highest BCUT2D eigenvalue weighted by Gasteiger charge is 2.19. The SMILES string of the molecule is CCCNC(C)c1ccccc1C(C)(C)C. The Morgan fingerprint density at radius 1 is 1.19 bits per heavy atom. The maximum absolute atomic E-state index is 3.56. The maximum Gasteiger partial charge on any atom is 0.0294 e. The van der Waals surface area contributed by atoms with Gasteiger partial charge in [-0.3, -0.25) is 0 Å². The Bertz CT molecular complexity index is 322. The molecule has 90 valence electrons. The fourth-order valence-corrected chi connectivity index (χ4v) is 2.03. The second-order valence-electron chi connectivity index (χ2n) is 5.51. The van der Waals surface area contributed by atoms with Crippen molar-refractivity contribution < 1.29 is 0 Å². The van der Waals surface area contributed by atoms with Gasteiger partial charge in [0.1, 0.15) is 0 Å². The van der Waals surface area contributed by atoms with Crippen molar-refractivity contribution >= 4 is 0 Å². The van der Waals surface area contributed by atoms with Crippen molar-refractivity contribution in [2.75, 3.05) is 6.54 Å². The van der Waals surface area contributed by atoms with Crippen LogP contribution in [0.4, 0.5) is 0 Å². The number of hydrogen-bond acceptors (Lipinski definition) is 1. The Balaban J connectivity index is 2.94. The van der Waals surface area contributed by atoms with E-state index in [4.69, 9.17) is 0 Å². The highest BCUT2D eigenvalue weighted by atomic mass is 14.9. The fraction of sp³-hybridized carbons (Fsp3) is 0.600. The van der Waals surface area contributed by atoms with Gasteiger partial charge in [-0.25, -0.2) is 0 Å². The molecule has 1 nitrogen and oxygen atoms in total. The molecule has 1 heteroatoms. The summed E-state index contributed by atoms with van der Waals surface area (Å²) in [6.45, 7) is 12.4. The van der Waals surface area contributed by atoms with E-state index in [1.165, 1.54) is 17.5 Å². The summed E-state index contributed by atoms with van der Waals surface area (Å²) < 4.78 is 0. The van der Waals surface area contributed by atoms with Crippen molar-refractivity contribution in [1.29, 1.82) is 0 Å². The number of hydrogen-bond donors (Lipinski definition) is 1. The van der Waals surface area contributed by atoms with Crippen LogP contribution in [-0.4, -0.2) is 6.54 Å². The smallest absolute Gasteiger partial charge is 0.0294 e. The molecule has 0 fully saturated rings. The molecular weight excluding hydrogens is 194 g/mol. The van der Waals surface area contributed by atoms with Gasteiger partial charge in [0.05, 0.1) is 0 Å². The third-order valence-electron chi connectivity index (χ3n) is 2.94. The lowest BCUT2D eigenvalue weighted by Crippen LogP contribution is -2.23. The first-order chi connectivity index (χ1) is 7.46. The van der Waals surface area contributed by atoms with Crippen molar-refractivity contribution in [1.82, 2.24) is 5.32 Å². The summed E-state index contributed by atoms with van der Waals surface area (Å²) in [5.74, 6) is 0. The van der Waals surface area contributed by atoms with Crippen LogP contribution in [0.1, 0.15) is 58.2 Å². The van der Waals surface area contributed by atoms with E-state index in [0.717, 1.165) is 6.54 Å². The average Bonchev–Trinajstić information content (AvgIpc) is 2.24. The lowest BCUT2D eigenvalue weighted by atomic mass is 9.82. The van der Waals surface area contributed by atoms with Crippen LogP contribution in [0.25, 0.3) is 0 Å². The highest BCUT2D eigenvalue weighted by molar-refractivity contribution is 5.34. The van der Waals surface area contributed by atoms with Gasteiger partial charge in [-0.15, -0.1) is 0 Å². The predicted molar refractivity (Wildman–Crippen MR) is 71.9 cm³/mol. The minimum Gasteiger partial charge on any atom is -0.310 e. The molecule has 0 radical (unpaired) electrons. The van der Waals surface area contributed by atoms with Crippen LogP contribution in [0.15, 0.2) is 24.3 Å². The zero-order chi connectivity index (χ0) is 12.2. The number of benzene rings is 1. The molecule has 0 saturated heterocycles. The molecule has 0 aliphatic heterocycles.